The lowest BCUT2D eigenvalue weighted by atomic mass is 9.79. The van der Waals surface area contributed by atoms with Crippen molar-refractivity contribution in [2.75, 3.05) is 14.7 Å². The number of para-hydroxylation sites is 6. The molecule has 12 aromatic rings. The van der Waals surface area contributed by atoms with E-state index < -0.39 is 0 Å². The molecule has 75 heavy (non-hydrogen) atoms. The van der Waals surface area contributed by atoms with Gasteiger partial charge in [0.25, 0.3) is 0 Å². The minimum atomic E-state index is 0.948. The zero-order valence-electron chi connectivity index (χ0n) is 41.5. The molecule has 0 bridgehead atoms. The Morgan fingerprint density at radius 1 is 0.267 bits per heavy atom. The number of anilines is 9. The molecular formula is C72H53N3. The van der Waals surface area contributed by atoms with E-state index in [-0.39, 0.29) is 0 Å². The van der Waals surface area contributed by atoms with E-state index in [4.69, 9.17) is 0 Å². The predicted molar refractivity (Wildman–Crippen MR) is 320 cm³/mol. The van der Waals surface area contributed by atoms with Crippen LogP contribution >= 0.6 is 0 Å². The van der Waals surface area contributed by atoms with E-state index in [1.54, 1.807) is 0 Å². The zero-order valence-corrected chi connectivity index (χ0v) is 41.5. The van der Waals surface area contributed by atoms with Gasteiger partial charge in [-0.3, -0.25) is 0 Å². The molecule has 1 aliphatic rings. The minimum absolute atomic E-state index is 0.948. The summed E-state index contributed by atoms with van der Waals surface area (Å²) < 4.78 is 0. The van der Waals surface area contributed by atoms with Gasteiger partial charge in [-0.15, -0.1) is 0 Å². The van der Waals surface area contributed by atoms with Gasteiger partial charge in [-0.05, 0) is 194 Å². The third kappa shape index (κ3) is 8.61. The standard InChI is InChI=1S/C72H53N3/c1-9-25-52(26-10-1)66-51-67(53-41-43-61(44-42-53)73(55-29-13-3-14-30-55)56-31-15-4-16-32-56)71-64-47-45-62(74(57-33-17-5-18-34-57)58-35-19-6-20-36-58)49-68(64)69-50-63(46-48-65(69)72(71)70(66)54-27-11-2-12-28-54)75(59-37-21-7-22-38-59)60-39-23-8-24-40-60/h1-11,13-27,29-51H,12,28H2. The fourth-order valence-electron chi connectivity index (χ4n) is 11.3. The normalized spacial score (nSPS) is 12.2. The van der Waals surface area contributed by atoms with Gasteiger partial charge in [-0.1, -0.05) is 182 Å². The molecule has 356 valence electrons. The van der Waals surface area contributed by atoms with Crippen LogP contribution in [0.3, 0.4) is 0 Å². The van der Waals surface area contributed by atoms with E-state index in [9.17, 15) is 0 Å². The van der Waals surface area contributed by atoms with Gasteiger partial charge in [0.2, 0.25) is 0 Å². The van der Waals surface area contributed by atoms with E-state index in [1.807, 2.05) is 0 Å². The first kappa shape index (κ1) is 45.2. The first-order valence-electron chi connectivity index (χ1n) is 26.0. The maximum atomic E-state index is 2.49. The lowest BCUT2D eigenvalue weighted by Crippen LogP contribution is -2.10. The van der Waals surface area contributed by atoms with Crippen LogP contribution in [0.2, 0.25) is 0 Å². The molecule has 0 N–H and O–H groups in total. The molecule has 0 spiro atoms. The molecule has 1 aliphatic carbocycles. The van der Waals surface area contributed by atoms with E-state index in [2.05, 4.69) is 312 Å². The second-order valence-corrected chi connectivity index (χ2v) is 19.1. The van der Waals surface area contributed by atoms with Crippen LogP contribution in [0.1, 0.15) is 18.4 Å². The van der Waals surface area contributed by atoms with Gasteiger partial charge in [0, 0.05) is 51.2 Å². The highest BCUT2D eigenvalue weighted by molar-refractivity contribution is 6.32. The molecule has 0 saturated carbocycles. The molecule has 3 heteroatoms. The smallest absolute Gasteiger partial charge is 0.0468 e. The molecule has 0 fully saturated rings. The summed E-state index contributed by atoms with van der Waals surface area (Å²) in [6.07, 6.45) is 8.85. The van der Waals surface area contributed by atoms with E-state index >= 15 is 0 Å². The second-order valence-electron chi connectivity index (χ2n) is 19.1. The molecule has 0 aliphatic heterocycles. The SMILES string of the molecule is C1=CCCC(c2c(-c3ccccc3)cc(-c3ccc(N(c4ccccc4)c4ccccc4)cc3)c3c4ccc(N(c5ccccc5)c5ccccc5)cc4c4cc(N(c5ccccc5)c5ccccc5)ccc4c23)=C1. The summed E-state index contributed by atoms with van der Waals surface area (Å²) in [4.78, 5) is 7.11. The Morgan fingerprint density at radius 2 is 0.613 bits per heavy atom. The monoisotopic (exact) mass is 959 g/mol. The number of nitrogens with zero attached hydrogens (tertiary/aromatic N) is 3. The summed E-state index contributed by atoms with van der Waals surface area (Å²) in [5.41, 5.74) is 17.3. The largest absolute Gasteiger partial charge is 0.311 e. The molecule has 12 aromatic carbocycles. The van der Waals surface area contributed by atoms with Crippen LogP contribution in [0.5, 0.6) is 0 Å². The highest BCUT2D eigenvalue weighted by Crippen LogP contribution is 2.51. The van der Waals surface area contributed by atoms with Crippen molar-refractivity contribution in [2.45, 2.75) is 12.8 Å². The van der Waals surface area contributed by atoms with E-state index in [0.717, 1.165) is 69.6 Å². The lowest BCUT2D eigenvalue weighted by molar-refractivity contribution is 1.06. The van der Waals surface area contributed by atoms with Crippen LogP contribution in [0, 0.1) is 0 Å². The molecule has 0 amide bonds. The Balaban J connectivity index is 1.15. The molecule has 3 nitrogen and oxygen atoms in total. The Kier molecular flexibility index (Phi) is 12.1. The third-order valence-corrected chi connectivity index (χ3v) is 14.6. The van der Waals surface area contributed by atoms with Crippen molar-refractivity contribution < 1.29 is 0 Å². The van der Waals surface area contributed by atoms with Crippen molar-refractivity contribution in [1.29, 1.82) is 0 Å². The van der Waals surface area contributed by atoms with Crippen molar-refractivity contribution >= 4 is 89.1 Å². The second kappa shape index (κ2) is 20.1. The van der Waals surface area contributed by atoms with Crippen LogP contribution in [-0.4, -0.2) is 0 Å². The van der Waals surface area contributed by atoms with Crippen molar-refractivity contribution in [3.05, 3.63) is 303 Å². The number of hydrogen-bond donors (Lipinski definition) is 0. The fourth-order valence-corrected chi connectivity index (χ4v) is 11.3. The summed E-state index contributed by atoms with van der Waals surface area (Å²) >= 11 is 0. The topological polar surface area (TPSA) is 9.72 Å². The summed E-state index contributed by atoms with van der Waals surface area (Å²) in [5.74, 6) is 0. The molecule has 13 rings (SSSR count). The summed E-state index contributed by atoms with van der Waals surface area (Å²) in [6, 6.07) is 101. The highest BCUT2D eigenvalue weighted by Gasteiger charge is 2.25. The molecule has 0 saturated heterocycles. The van der Waals surface area contributed by atoms with Crippen molar-refractivity contribution in [1.82, 2.24) is 0 Å². The van der Waals surface area contributed by atoms with E-state index in [0.29, 0.717) is 0 Å². The highest BCUT2D eigenvalue weighted by atomic mass is 15.2. The number of rotatable bonds is 12. The Bertz CT molecular complexity index is 3890. The average Bonchev–Trinajstić information content (AvgIpc) is 3.52. The van der Waals surface area contributed by atoms with Crippen molar-refractivity contribution in [3.63, 3.8) is 0 Å². The summed E-state index contributed by atoms with van der Waals surface area (Å²) in [6.45, 7) is 0. The van der Waals surface area contributed by atoms with Crippen LogP contribution in [0.25, 0.3) is 60.1 Å². The van der Waals surface area contributed by atoms with Gasteiger partial charge >= 0.3 is 0 Å². The van der Waals surface area contributed by atoms with Crippen LogP contribution < -0.4 is 14.7 Å². The van der Waals surface area contributed by atoms with Gasteiger partial charge in [-0.2, -0.15) is 0 Å². The summed E-state index contributed by atoms with van der Waals surface area (Å²) in [7, 11) is 0. The first-order chi connectivity index (χ1) is 37.2. The number of benzene rings is 12. The maximum absolute atomic E-state index is 2.49. The minimum Gasteiger partial charge on any atom is -0.311 e. The van der Waals surface area contributed by atoms with Gasteiger partial charge in [0.15, 0.2) is 0 Å². The maximum Gasteiger partial charge on any atom is 0.0468 e. The van der Waals surface area contributed by atoms with Gasteiger partial charge in [0.1, 0.15) is 0 Å². The van der Waals surface area contributed by atoms with Crippen molar-refractivity contribution in [2.24, 2.45) is 0 Å². The number of hydrogen-bond acceptors (Lipinski definition) is 3. The fraction of sp³-hybridized carbons (Fsp3) is 0.0278. The molecule has 0 atom stereocenters. The third-order valence-electron chi connectivity index (χ3n) is 14.6. The zero-order chi connectivity index (χ0) is 49.9. The molecule has 0 heterocycles. The number of allylic oxidation sites excluding steroid dienone is 4. The molecule has 0 unspecified atom stereocenters. The average molecular weight is 960 g/mol. The molecule has 0 aromatic heterocycles. The van der Waals surface area contributed by atoms with Gasteiger partial charge < -0.3 is 14.7 Å². The van der Waals surface area contributed by atoms with E-state index in [1.165, 1.54) is 60.1 Å². The van der Waals surface area contributed by atoms with Gasteiger partial charge in [-0.25, -0.2) is 0 Å². The summed E-state index contributed by atoms with van der Waals surface area (Å²) in [5, 5.41) is 7.30. The lowest BCUT2D eigenvalue weighted by Gasteiger charge is -2.28. The van der Waals surface area contributed by atoms with Crippen LogP contribution in [-0.2, 0) is 0 Å². The van der Waals surface area contributed by atoms with Crippen LogP contribution in [0.15, 0.2) is 297 Å². The Hall–Kier alpha value is -9.70. The quantitative estimate of drug-likeness (QED) is 0.113. The predicted octanol–water partition coefficient (Wildman–Crippen LogP) is 20.6. The molecular weight excluding hydrogens is 907 g/mol. The number of fused-ring (bicyclic) bond motifs is 6. The molecule has 0 radical (unpaired) electrons. The van der Waals surface area contributed by atoms with Crippen molar-refractivity contribution in [3.8, 4) is 22.3 Å². The van der Waals surface area contributed by atoms with Gasteiger partial charge in [0.05, 0.1) is 0 Å². The first-order valence-corrected chi connectivity index (χ1v) is 26.0. The van der Waals surface area contributed by atoms with Crippen LogP contribution in [0.4, 0.5) is 51.2 Å². The Morgan fingerprint density at radius 3 is 1.01 bits per heavy atom. The Labute approximate surface area is 439 Å².